The van der Waals surface area contributed by atoms with Gasteiger partial charge in [0.25, 0.3) is 0 Å². The fourth-order valence-corrected chi connectivity index (χ4v) is 1.04. The standard InChI is InChI=1S/C5H9BrO2.Mg.2H/c6-2-1-5-7-3-4-8-5;;;/h5H,1-4H2;;;. The van der Waals surface area contributed by atoms with Crippen molar-refractivity contribution in [2.75, 3.05) is 18.5 Å². The summed E-state index contributed by atoms with van der Waals surface area (Å²) in [6.07, 6.45) is 1.02. The van der Waals surface area contributed by atoms with Gasteiger partial charge in [0, 0.05) is 11.8 Å². The lowest BCUT2D eigenvalue weighted by Crippen LogP contribution is -2.06. The second kappa shape index (κ2) is 5.91. The summed E-state index contributed by atoms with van der Waals surface area (Å²) < 4.78 is 10.3. The van der Waals surface area contributed by atoms with Crippen molar-refractivity contribution in [2.24, 2.45) is 0 Å². The summed E-state index contributed by atoms with van der Waals surface area (Å²) in [5, 5.41) is 0.956. The minimum Gasteiger partial charge on any atom is -0.350 e. The Morgan fingerprint density at radius 3 is 2.33 bits per heavy atom. The van der Waals surface area contributed by atoms with Gasteiger partial charge < -0.3 is 9.47 Å². The predicted molar refractivity (Wildman–Crippen MR) is 42.6 cm³/mol. The highest BCUT2D eigenvalue weighted by Gasteiger charge is 2.13. The van der Waals surface area contributed by atoms with Crippen LogP contribution >= 0.6 is 15.9 Å². The third kappa shape index (κ3) is 3.78. The molecule has 52 valence electrons. The van der Waals surface area contributed by atoms with Gasteiger partial charge in [-0.2, -0.15) is 0 Å². The molecule has 2 nitrogen and oxygen atoms in total. The van der Waals surface area contributed by atoms with Crippen LogP contribution in [0.1, 0.15) is 6.42 Å². The maximum absolute atomic E-state index is 5.14. The molecule has 4 heteroatoms. The molecule has 0 amide bonds. The molecular formula is C5H11BrMgO2. The number of hydrogen-bond acceptors (Lipinski definition) is 2. The molecule has 0 radical (unpaired) electrons. The zero-order valence-corrected chi connectivity index (χ0v) is 6.19. The van der Waals surface area contributed by atoms with E-state index in [0.717, 1.165) is 25.0 Å². The van der Waals surface area contributed by atoms with Gasteiger partial charge in [-0.15, -0.1) is 0 Å². The Hall–Kier alpha value is 1.17. The van der Waals surface area contributed by atoms with Crippen molar-refractivity contribution in [3.05, 3.63) is 0 Å². The zero-order chi connectivity index (χ0) is 5.82. The second-order valence-electron chi connectivity index (χ2n) is 1.65. The molecule has 1 heterocycles. The second-order valence-corrected chi connectivity index (χ2v) is 2.44. The van der Waals surface area contributed by atoms with Gasteiger partial charge in [-0.3, -0.25) is 0 Å². The predicted octanol–water partition coefficient (Wildman–Crippen LogP) is 0.228. The molecule has 1 aliphatic heterocycles. The van der Waals surface area contributed by atoms with Gasteiger partial charge in [-0.25, -0.2) is 0 Å². The maximum atomic E-state index is 5.14. The third-order valence-electron chi connectivity index (χ3n) is 1.04. The molecule has 0 aromatic rings. The molecule has 1 rings (SSSR count). The molecule has 0 N–H and O–H groups in total. The largest absolute Gasteiger partial charge is 0.350 e. The van der Waals surface area contributed by atoms with Crippen molar-refractivity contribution >= 4 is 39.0 Å². The van der Waals surface area contributed by atoms with Crippen LogP contribution in [0.3, 0.4) is 0 Å². The first kappa shape index (κ1) is 10.2. The number of alkyl halides is 1. The van der Waals surface area contributed by atoms with Crippen LogP contribution < -0.4 is 0 Å². The van der Waals surface area contributed by atoms with E-state index >= 15 is 0 Å². The van der Waals surface area contributed by atoms with Gasteiger partial charge in [-0.05, 0) is 0 Å². The molecule has 9 heavy (non-hydrogen) atoms. The highest BCUT2D eigenvalue weighted by Crippen LogP contribution is 2.08. The van der Waals surface area contributed by atoms with Crippen molar-refractivity contribution in [1.29, 1.82) is 0 Å². The molecule has 0 aromatic heterocycles. The Labute approximate surface area is 79.6 Å². The van der Waals surface area contributed by atoms with Gasteiger partial charge in [0.15, 0.2) is 6.29 Å². The van der Waals surface area contributed by atoms with Crippen LogP contribution in [0.2, 0.25) is 0 Å². The first-order valence-corrected chi connectivity index (χ1v) is 3.85. The molecular weight excluding hydrogens is 196 g/mol. The minimum atomic E-state index is 0. The summed E-state index contributed by atoms with van der Waals surface area (Å²) >= 11 is 3.30. The van der Waals surface area contributed by atoms with E-state index in [1.165, 1.54) is 0 Å². The molecule has 0 spiro atoms. The van der Waals surface area contributed by atoms with Crippen LogP contribution in [0.4, 0.5) is 0 Å². The highest BCUT2D eigenvalue weighted by atomic mass is 79.9. The Kier molecular flexibility index (Phi) is 6.68. The van der Waals surface area contributed by atoms with Crippen LogP contribution in [0.5, 0.6) is 0 Å². The van der Waals surface area contributed by atoms with Gasteiger partial charge in [0.05, 0.1) is 13.2 Å². The molecule has 1 saturated heterocycles. The van der Waals surface area contributed by atoms with Crippen molar-refractivity contribution < 1.29 is 9.47 Å². The van der Waals surface area contributed by atoms with Crippen LogP contribution in [0.25, 0.3) is 0 Å². The van der Waals surface area contributed by atoms with Gasteiger partial charge in [0.1, 0.15) is 0 Å². The van der Waals surface area contributed by atoms with Crippen molar-refractivity contribution in [1.82, 2.24) is 0 Å². The number of ether oxygens (including phenoxy) is 2. The first-order chi connectivity index (χ1) is 3.93. The Morgan fingerprint density at radius 1 is 1.33 bits per heavy atom. The minimum absolute atomic E-state index is 0. The van der Waals surface area contributed by atoms with Crippen LogP contribution in [-0.2, 0) is 9.47 Å². The number of hydrogen-bond donors (Lipinski definition) is 0. The summed E-state index contributed by atoms with van der Waals surface area (Å²) in [7, 11) is 0. The molecule has 0 unspecified atom stereocenters. The lowest BCUT2D eigenvalue weighted by molar-refractivity contribution is -0.0419. The van der Waals surface area contributed by atoms with Crippen LogP contribution in [0.15, 0.2) is 0 Å². The molecule has 0 aliphatic carbocycles. The third-order valence-corrected chi connectivity index (χ3v) is 1.49. The van der Waals surface area contributed by atoms with Gasteiger partial charge in [0.2, 0.25) is 0 Å². The zero-order valence-electron chi connectivity index (χ0n) is 4.60. The van der Waals surface area contributed by atoms with E-state index in [1.54, 1.807) is 0 Å². The normalized spacial score (nSPS) is 19.7. The summed E-state index contributed by atoms with van der Waals surface area (Å²) in [5.41, 5.74) is 0. The van der Waals surface area contributed by atoms with E-state index in [4.69, 9.17) is 9.47 Å². The number of halogens is 1. The van der Waals surface area contributed by atoms with Crippen molar-refractivity contribution in [3.8, 4) is 0 Å². The van der Waals surface area contributed by atoms with E-state index in [1.807, 2.05) is 0 Å². The summed E-state index contributed by atoms with van der Waals surface area (Å²) in [4.78, 5) is 0. The van der Waals surface area contributed by atoms with Crippen molar-refractivity contribution in [3.63, 3.8) is 0 Å². The highest BCUT2D eigenvalue weighted by molar-refractivity contribution is 9.09. The van der Waals surface area contributed by atoms with E-state index < -0.39 is 0 Å². The van der Waals surface area contributed by atoms with Crippen LogP contribution in [0, 0.1) is 0 Å². The summed E-state index contributed by atoms with van der Waals surface area (Å²) in [6.45, 7) is 1.52. The molecule has 0 aromatic carbocycles. The molecule has 1 fully saturated rings. The topological polar surface area (TPSA) is 18.5 Å². The number of rotatable bonds is 2. The van der Waals surface area contributed by atoms with E-state index in [9.17, 15) is 0 Å². The van der Waals surface area contributed by atoms with Gasteiger partial charge in [-0.1, -0.05) is 15.9 Å². The van der Waals surface area contributed by atoms with E-state index in [0.29, 0.717) is 0 Å². The summed E-state index contributed by atoms with van der Waals surface area (Å²) in [5.74, 6) is 0. The molecule has 0 bridgehead atoms. The van der Waals surface area contributed by atoms with Crippen molar-refractivity contribution in [2.45, 2.75) is 12.7 Å². The molecule has 0 saturated carbocycles. The Morgan fingerprint density at radius 2 is 1.89 bits per heavy atom. The SMILES string of the molecule is BrCCC1OCCO1.[MgH2]. The Bertz CT molecular complexity index is 66.0. The monoisotopic (exact) mass is 206 g/mol. The molecule has 1 aliphatic rings. The van der Waals surface area contributed by atoms with Gasteiger partial charge >= 0.3 is 23.1 Å². The summed E-state index contributed by atoms with van der Waals surface area (Å²) in [6, 6.07) is 0. The lowest BCUT2D eigenvalue weighted by Gasteiger charge is -2.03. The lowest BCUT2D eigenvalue weighted by atomic mass is 10.5. The average molecular weight is 207 g/mol. The fraction of sp³-hybridized carbons (Fsp3) is 1.00. The first-order valence-electron chi connectivity index (χ1n) is 2.72. The van der Waals surface area contributed by atoms with E-state index in [-0.39, 0.29) is 29.3 Å². The fourth-order valence-electron chi connectivity index (χ4n) is 0.663. The Balaban J connectivity index is 0.000000640. The van der Waals surface area contributed by atoms with Crippen LogP contribution in [-0.4, -0.2) is 47.9 Å². The average Bonchev–Trinajstić information content (AvgIpc) is 2.19. The molecule has 0 atom stereocenters. The smallest absolute Gasteiger partial charge is 0.316 e. The van der Waals surface area contributed by atoms with E-state index in [2.05, 4.69) is 15.9 Å². The quantitative estimate of drug-likeness (QED) is 0.477. The maximum Gasteiger partial charge on any atom is 0.316 e.